The summed E-state index contributed by atoms with van der Waals surface area (Å²) in [6, 6.07) is 16.1. The van der Waals surface area contributed by atoms with Crippen molar-refractivity contribution in [3.63, 3.8) is 0 Å². The standard InChI is InChI=1S/C18H22BO2/c1-13(2)15-9-5-7-11-17(15)20-19-21-18-12-8-6-10-16(18)14(3)4/h5-14H,1-4H3. The predicted octanol–water partition coefficient (Wildman–Crippen LogP) is 4.93. The number of rotatable bonds is 6. The van der Waals surface area contributed by atoms with Crippen LogP contribution < -0.4 is 9.31 Å². The summed E-state index contributed by atoms with van der Waals surface area (Å²) in [5.74, 6) is 2.51. The molecule has 0 bridgehead atoms. The van der Waals surface area contributed by atoms with E-state index >= 15 is 0 Å². The Kier molecular flexibility index (Phi) is 5.32. The summed E-state index contributed by atoms with van der Waals surface area (Å²) in [7, 11) is 1.42. The second-order valence-corrected chi connectivity index (χ2v) is 5.72. The molecule has 0 spiro atoms. The Labute approximate surface area is 128 Å². The Morgan fingerprint density at radius 3 is 1.43 bits per heavy atom. The van der Waals surface area contributed by atoms with Crippen LogP contribution in [0.1, 0.15) is 50.7 Å². The zero-order valence-corrected chi connectivity index (χ0v) is 13.2. The fourth-order valence-corrected chi connectivity index (χ4v) is 2.26. The van der Waals surface area contributed by atoms with Crippen molar-refractivity contribution >= 4 is 7.69 Å². The van der Waals surface area contributed by atoms with Crippen LogP contribution >= 0.6 is 0 Å². The first-order chi connectivity index (χ1) is 10.1. The highest BCUT2D eigenvalue weighted by Crippen LogP contribution is 2.27. The SMILES string of the molecule is CC(C)c1ccccc1O[B]Oc1ccccc1C(C)C. The van der Waals surface area contributed by atoms with Gasteiger partial charge in [0.1, 0.15) is 11.5 Å². The third-order valence-electron chi connectivity index (χ3n) is 3.43. The molecule has 0 unspecified atom stereocenters. The second-order valence-electron chi connectivity index (χ2n) is 5.72. The lowest BCUT2D eigenvalue weighted by Crippen LogP contribution is -2.13. The molecule has 2 aromatic carbocycles. The van der Waals surface area contributed by atoms with Gasteiger partial charge in [0, 0.05) is 0 Å². The summed E-state index contributed by atoms with van der Waals surface area (Å²) in [6.07, 6.45) is 0. The maximum atomic E-state index is 5.69. The van der Waals surface area contributed by atoms with E-state index in [4.69, 9.17) is 9.31 Å². The van der Waals surface area contributed by atoms with Gasteiger partial charge in [0.25, 0.3) is 0 Å². The van der Waals surface area contributed by atoms with Crippen LogP contribution in [0.5, 0.6) is 11.5 Å². The van der Waals surface area contributed by atoms with Crippen LogP contribution in [-0.4, -0.2) is 7.69 Å². The minimum atomic E-state index is 0.414. The average molecular weight is 281 g/mol. The van der Waals surface area contributed by atoms with Crippen LogP contribution in [0.2, 0.25) is 0 Å². The molecule has 21 heavy (non-hydrogen) atoms. The van der Waals surface area contributed by atoms with Gasteiger partial charge in [0.15, 0.2) is 0 Å². The Balaban J connectivity index is 2.03. The van der Waals surface area contributed by atoms with E-state index in [1.165, 1.54) is 18.8 Å². The summed E-state index contributed by atoms with van der Waals surface area (Å²) in [4.78, 5) is 0. The maximum absolute atomic E-state index is 5.69. The predicted molar refractivity (Wildman–Crippen MR) is 88.1 cm³/mol. The van der Waals surface area contributed by atoms with Crippen LogP contribution in [0.4, 0.5) is 0 Å². The molecule has 2 nitrogen and oxygen atoms in total. The Bertz CT molecular complexity index is 527. The molecular weight excluding hydrogens is 259 g/mol. The summed E-state index contributed by atoms with van der Waals surface area (Å²) in [5.41, 5.74) is 2.35. The minimum absolute atomic E-state index is 0.414. The highest BCUT2D eigenvalue weighted by Gasteiger charge is 2.11. The van der Waals surface area contributed by atoms with Gasteiger partial charge in [-0.1, -0.05) is 64.1 Å². The van der Waals surface area contributed by atoms with Gasteiger partial charge in [-0.05, 0) is 35.1 Å². The van der Waals surface area contributed by atoms with E-state index in [9.17, 15) is 0 Å². The van der Waals surface area contributed by atoms with E-state index < -0.39 is 0 Å². The topological polar surface area (TPSA) is 18.5 Å². The molecule has 0 atom stereocenters. The highest BCUT2D eigenvalue weighted by atomic mass is 16.6. The second kappa shape index (κ2) is 7.21. The van der Waals surface area contributed by atoms with E-state index in [-0.39, 0.29) is 0 Å². The maximum Gasteiger partial charge on any atom is 0.658 e. The lowest BCUT2D eigenvalue weighted by atomic mass is 10.0. The highest BCUT2D eigenvalue weighted by molar-refractivity contribution is 6.20. The van der Waals surface area contributed by atoms with E-state index in [1.807, 2.05) is 36.4 Å². The molecule has 2 aromatic rings. The molecule has 0 N–H and O–H groups in total. The largest absolute Gasteiger partial charge is 0.658 e. The van der Waals surface area contributed by atoms with Gasteiger partial charge in [-0.25, -0.2) is 0 Å². The van der Waals surface area contributed by atoms with Crippen molar-refractivity contribution in [2.75, 3.05) is 0 Å². The van der Waals surface area contributed by atoms with Gasteiger partial charge < -0.3 is 9.31 Å². The third-order valence-corrected chi connectivity index (χ3v) is 3.43. The summed E-state index contributed by atoms with van der Waals surface area (Å²) < 4.78 is 11.4. The Morgan fingerprint density at radius 1 is 0.667 bits per heavy atom. The summed E-state index contributed by atoms with van der Waals surface area (Å²) in [5, 5.41) is 0. The zero-order chi connectivity index (χ0) is 15.2. The van der Waals surface area contributed by atoms with Crippen molar-refractivity contribution < 1.29 is 9.31 Å². The van der Waals surface area contributed by atoms with Crippen molar-refractivity contribution in [2.45, 2.75) is 39.5 Å². The van der Waals surface area contributed by atoms with Crippen molar-refractivity contribution in [2.24, 2.45) is 0 Å². The van der Waals surface area contributed by atoms with Crippen molar-refractivity contribution in [3.05, 3.63) is 59.7 Å². The van der Waals surface area contributed by atoms with Crippen LogP contribution in [0, 0.1) is 0 Å². The number of para-hydroxylation sites is 2. The normalized spacial score (nSPS) is 10.8. The molecule has 2 rings (SSSR count). The molecule has 0 saturated heterocycles. The molecule has 109 valence electrons. The van der Waals surface area contributed by atoms with Gasteiger partial charge >= 0.3 is 7.69 Å². The fraction of sp³-hybridized carbons (Fsp3) is 0.333. The Morgan fingerprint density at radius 2 is 1.05 bits per heavy atom. The van der Waals surface area contributed by atoms with Gasteiger partial charge in [-0.15, -0.1) is 0 Å². The van der Waals surface area contributed by atoms with Gasteiger partial charge in [-0.2, -0.15) is 0 Å². The molecule has 0 heterocycles. The summed E-state index contributed by atoms with van der Waals surface area (Å²) >= 11 is 0. The van der Waals surface area contributed by atoms with E-state index in [2.05, 4.69) is 39.8 Å². The van der Waals surface area contributed by atoms with Gasteiger partial charge in [0.2, 0.25) is 0 Å². The molecule has 0 amide bonds. The number of hydrogen-bond donors (Lipinski definition) is 0. The van der Waals surface area contributed by atoms with Crippen molar-refractivity contribution in [3.8, 4) is 11.5 Å². The van der Waals surface area contributed by atoms with Crippen LogP contribution in [0.15, 0.2) is 48.5 Å². The molecule has 0 aromatic heterocycles. The smallest absolute Gasteiger partial charge is 0.526 e. The first-order valence-electron chi connectivity index (χ1n) is 7.42. The van der Waals surface area contributed by atoms with E-state index in [0.29, 0.717) is 11.8 Å². The molecule has 0 fully saturated rings. The van der Waals surface area contributed by atoms with Crippen molar-refractivity contribution in [1.29, 1.82) is 0 Å². The minimum Gasteiger partial charge on any atom is -0.526 e. The number of hydrogen-bond acceptors (Lipinski definition) is 2. The summed E-state index contributed by atoms with van der Waals surface area (Å²) in [6.45, 7) is 8.60. The zero-order valence-electron chi connectivity index (χ0n) is 13.2. The lowest BCUT2D eigenvalue weighted by molar-refractivity contribution is 0.450. The van der Waals surface area contributed by atoms with E-state index in [1.54, 1.807) is 0 Å². The quantitative estimate of drug-likeness (QED) is 0.699. The van der Waals surface area contributed by atoms with Crippen LogP contribution in [0.25, 0.3) is 0 Å². The number of benzene rings is 2. The molecule has 0 saturated carbocycles. The average Bonchev–Trinajstić information content (AvgIpc) is 2.48. The van der Waals surface area contributed by atoms with Crippen LogP contribution in [-0.2, 0) is 0 Å². The van der Waals surface area contributed by atoms with Crippen molar-refractivity contribution in [1.82, 2.24) is 0 Å². The molecule has 0 aliphatic heterocycles. The molecule has 1 radical (unpaired) electrons. The molecule has 0 aliphatic rings. The first kappa shape index (κ1) is 15.5. The van der Waals surface area contributed by atoms with Gasteiger partial charge in [0.05, 0.1) is 0 Å². The van der Waals surface area contributed by atoms with Gasteiger partial charge in [-0.3, -0.25) is 0 Å². The molecular formula is C18H22BO2. The Hall–Kier alpha value is -1.90. The fourth-order valence-electron chi connectivity index (χ4n) is 2.26. The molecule has 3 heteroatoms. The first-order valence-corrected chi connectivity index (χ1v) is 7.42. The van der Waals surface area contributed by atoms with E-state index in [0.717, 1.165) is 11.5 Å². The monoisotopic (exact) mass is 281 g/mol. The third kappa shape index (κ3) is 4.04. The van der Waals surface area contributed by atoms with Crippen LogP contribution in [0.3, 0.4) is 0 Å². The molecule has 0 aliphatic carbocycles. The lowest BCUT2D eigenvalue weighted by Gasteiger charge is -2.15.